The Morgan fingerprint density at radius 1 is 1.33 bits per heavy atom. The Balaban J connectivity index is 2.35. The van der Waals surface area contributed by atoms with Gasteiger partial charge in [-0.3, -0.25) is 4.57 Å². The maximum Gasteiger partial charge on any atom is 0.146 e. The van der Waals surface area contributed by atoms with Gasteiger partial charge in [-0.25, -0.2) is 9.37 Å². The second-order valence-electron chi connectivity index (χ2n) is 4.42. The summed E-state index contributed by atoms with van der Waals surface area (Å²) in [5.41, 5.74) is 2.48. The summed E-state index contributed by atoms with van der Waals surface area (Å²) >= 11 is 8.14. The van der Waals surface area contributed by atoms with E-state index >= 15 is 0 Å². The number of fused-ring (bicyclic) bond motifs is 1. The van der Waals surface area contributed by atoms with E-state index in [9.17, 15) is 4.39 Å². The first kappa shape index (κ1) is 14.6. The van der Waals surface area contributed by atoms with Gasteiger partial charge in [-0.2, -0.15) is 0 Å². The fraction of sp³-hybridized carbons (Fsp3) is 0.133. The maximum absolute atomic E-state index is 13.3. The third-order valence-electron chi connectivity index (χ3n) is 3.21. The number of nitrogens with zero attached hydrogens (tertiary/aromatic N) is 2. The molecule has 2 aromatic carbocycles. The van der Waals surface area contributed by atoms with E-state index in [4.69, 9.17) is 16.3 Å². The van der Waals surface area contributed by atoms with Crippen LogP contribution in [0.15, 0.2) is 36.4 Å². The van der Waals surface area contributed by atoms with Crippen LogP contribution in [0.5, 0.6) is 5.75 Å². The molecule has 21 heavy (non-hydrogen) atoms. The highest BCUT2D eigenvalue weighted by molar-refractivity contribution is 14.1. The van der Waals surface area contributed by atoms with Crippen molar-refractivity contribution in [1.29, 1.82) is 0 Å². The smallest absolute Gasteiger partial charge is 0.146 e. The Hall–Kier alpha value is -1.34. The van der Waals surface area contributed by atoms with Crippen LogP contribution in [0, 0.1) is 9.39 Å². The van der Waals surface area contributed by atoms with E-state index in [1.807, 2.05) is 22.8 Å². The molecule has 0 aliphatic heterocycles. The topological polar surface area (TPSA) is 27.1 Å². The number of halogens is 3. The Bertz CT molecular complexity index is 819. The minimum Gasteiger partial charge on any atom is -0.494 e. The highest BCUT2D eigenvalue weighted by Gasteiger charge is 2.16. The lowest BCUT2D eigenvalue weighted by molar-refractivity contribution is 0.419. The zero-order valence-corrected chi connectivity index (χ0v) is 14.0. The van der Waals surface area contributed by atoms with Gasteiger partial charge in [0.05, 0.1) is 24.2 Å². The predicted octanol–water partition coefficient (Wildman–Crippen LogP) is 4.52. The van der Waals surface area contributed by atoms with E-state index < -0.39 is 0 Å². The number of methoxy groups -OCH3 is 1. The molecule has 0 unspecified atom stereocenters. The molecule has 1 aromatic heterocycles. The van der Waals surface area contributed by atoms with Crippen LogP contribution in [0.4, 0.5) is 4.39 Å². The molecule has 0 fully saturated rings. The molecule has 0 radical (unpaired) electrons. The summed E-state index contributed by atoms with van der Waals surface area (Å²) in [6, 6.07) is 10.3. The van der Waals surface area contributed by atoms with Crippen molar-refractivity contribution in [2.75, 3.05) is 7.11 Å². The van der Waals surface area contributed by atoms with Gasteiger partial charge in [0.1, 0.15) is 22.9 Å². The number of rotatable bonds is 3. The Kier molecular flexibility index (Phi) is 4.03. The lowest BCUT2D eigenvalue weighted by Crippen LogP contribution is -2.02. The van der Waals surface area contributed by atoms with Crippen LogP contribution in [0.2, 0.25) is 0 Å². The number of alkyl halides is 1. The quantitative estimate of drug-likeness (QED) is 0.464. The van der Waals surface area contributed by atoms with E-state index in [0.717, 1.165) is 20.3 Å². The van der Waals surface area contributed by atoms with Crippen molar-refractivity contribution in [2.24, 2.45) is 0 Å². The summed E-state index contributed by atoms with van der Waals surface area (Å²) in [5.74, 6) is 1.37. The maximum atomic E-state index is 13.3. The average Bonchev–Trinajstić information content (AvgIpc) is 2.85. The van der Waals surface area contributed by atoms with Crippen LogP contribution in [0.1, 0.15) is 5.82 Å². The number of para-hydroxylation sites is 1. The summed E-state index contributed by atoms with van der Waals surface area (Å²) in [6.45, 7) is 0. The second-order valence-corrected chi connectivity index (χ2v) is 5.85. The van der Waals surface area contributed by atoms with E-state index in [1.165, 1.54) is 12.1 Å². The van der Waals surface area contributed by atoms with Gasteiger partial charge in [0, 0.05) is 3.57 Å². The minimum atomic E-state index is -0.266. The molecule has 0 bridgehead atoms. The van der Waals surface area contributed by atoms with E-state index in [1.54, 1.807) is 13.2 Å². The van der Waals surface area contributed by atoms with Crippen molar-refractivity contribution in [3.05, 3.63) is 51.6 Å². The van der Waals surface area contributed by atoms with Crippen LogP contribution >= 0.6 is 34.2 Å². The molecule has 0 spiro atoms. The monoisotopic (exact) mass is 416 g/mol. The molecule has 3 nitrogen and oxygen atoms in total. The molecule has 0 N–H and O–H groups in total. The van der Waals surface area contributed by atoms with Gasteiger partial charge in [-0.1, -0.05) is 6.07 Å². The van der Waals surface area contributed by atoms with Crippen molar-refractivity contribution in [3.63, 3.8) is 0 Å². The average molecular weight is 417 g/mol. The van der Waals surface area contributed by atoms with Gasteiger partial charge in [-0.05, 0) is 52.9 Å². The van der Waals surface area contributed by atoms with Gasteiger partial charge in [-0.15, -0.1) is 11.6 Å². The second kappa shape index (κ2) is 5.81. The van der Waals surface area contributed by atoms with Gasteiger partial charge in [0.2, 0.25) is 0 Å². The van der Waals surface area contributed by atoms with Crippen LogP contribution in [-0.2, 0) is 5.88 Å². The standard InChI is InChI=1S/C15H11ClFIN2O/c1-21-13-4-2-3-12-15(13)19-14(8-16)20(12)11-6-5-9(17)7-10(11)18/h2-7H,8H2,1H3. The largest absolute Gasteiger partial charge is 0.494 e. The fourth-order valence-electron chi connectivity index (χ4n) is 2.31. The SMILES string of the molecule is COc1cccc2c1nc(CCl)n2-c1ccc(F)cc1I. The van der Waals surface area contributed by atoms with Crippen LogP contribution < -0.4 is 4.74 Å². The molecule has 6 heteroatoms. The summed E-state index contributed by atoms with van der Waals surface area (Å²) in [5, 5.41) is 0. The molecular weight excluding hydrogens is 406 g/mol. The number of imidazole rings is 1. The van der Waals surface area contributed by atoms with Gasteiger partial charge >= 0.3 is 0 Å². The summed E-state index contributed by atoms with van der Waals surface area (Å²) in [4.78, 5) is 4.55. The van der Waals surface area contributed by atoms with Crippen LogP contribution in [-0.4, -0.2) is 16.7 Å². The lowest BCUT2D eigenvalue weighted by atomic mass is 10.2. The molecule has 3 rings (SSSR count). The molecule has 0 aliphatic rings. The Morgan fingerprint density at radius 2 is 2.14 bits per heavy atom. The van der Waals surface area contributed by atoms with Gasteiger partial charge < -0.3 is 4.74 Å². The first-order valence-corrected chi connectivity index (χ1v) is 7.82. The van der Waals surface area contributed by atoms with E-state index in [-0.39, 0.29) is 11.7 Å². The summed E-state index contributed by atoms with van der Waals surface area (Å²) in [7, 11) is 1.61. The number of ether oxygens (including phenoxy) is 1. The van der Waals surface area contributed by atoms with E-state index in [2.05, 4.69) is 27.6 Å². The fourth-order valence-corrected chi connectivity index (χ4v) is 3.21. The molecule has 0 saturated carbocycles. The van der Waals surface area contributed by atoms with E-state index in [0.29, 0.717) is 11.6 Å². The lowest BCUT2D eigenvalue weighted by Gasteiger charge is -2.10. The summed E-state index contributed by atoms with van der Waals surface area (Å²) in [6.07, 6.45) is 0. The van der Waals surface area contributed by atoms with Crippen molar-refractivity contribution in [1.82, 2.24) is 9.55 Å². The summed E-state index contributed by atoms with van der Waals surface area (Å²) < 4.78 is 21.4. The molecule has 108 valence electrons. The van der Waals surface area contributed by atoms with Crippen molar-refractivity contribution in [3.8, 4) is 11.4 Å². The predicted molar refractivity (Wildman–Crippen MR) is 89.9 cm³/mol. The third-order valence-corrected chi connectivity index (χ3v) is 4.31. The third kappa shape index (κ3) is 2.48. The van der Waals surface area contributed by atoms with Crippen molar-refractivity contribution < 1.29 is 9.13 Å². The Labute approximate surface area is 139 Å². The minimum absolute atomic E-state index is 0.255. The van der Waals surface area contributed by atoms with Crippen molar-refractivity contribution >= 4 is 45.2 Å². The first-order chi connectivity index (χ1) is 10.2. The van der Waals surface area contributed by atoms with Crippen LogP contribution in [0.25, 0.3) is 16.7 Å². The molecule has 1 heterocycles. The molecule has 0 aliphatic carbocycles. The highest BCUT2D eigenvalue weighted by Crippen LogP contribution is 2.30. The molecule has 3 aromatic rings. The molecule has 0 amide bonds. The zero-order chi connectivity index (χ0) is 15.0. The van der Waals surface area contributed by atoms with Crippen molar-refractivity contribution in [2.45, 2.75) is 5.88 Å². The number of aromatic nitrogens is 2. The molecule has 0 saturated heterocycles. The van der Waals surface area contributed by atoms with Gasteiger partial charge in [0.25, 0.3) is 0 Å². The van der Waals surface area contributed by atoms with Gasteiger partial charge in [0.15, 0.2) is 0 Å². The number of benzene rings is 2. The normalized spacial score (nSPS) is 11.0. The molecule has 0 atom stereocenters. The number of hydrogen-bond acceptors (Lipinski definition) is 2. The van der Waals surface area contributed by atoms with Crippen LogP contribution in [0.3, 0.4) is 0 Å². The highest BCUT2D eigenvalue weighted by atomic mass is 127. The molecular formula is C15H11ClFIN2O. The number of hydrogen-bond donors (Lipinski definition) is 0. The first-order valence-electron chi connectivity index (χ1n) is 6.21. The zero-order valence-electron chi connectivity index (χ0n) is 11.1. The Morgan fingerprint density at radius 3 is 2.81 bits per heavy atom.